The molecule has 0 aliphatic heterocycles. The molecular weight excluding hydrogens is 188 g/mol. The molecule has 0 atom stereocenters. The Kier molecular flexibility index (Phi) is 3.50. The van der Waals surface area contributed by atoms with Crippen molar-refractivity contribution in [2.24, 2.45) is 0 Å². The van der Waals surface area contributed by atoms with E-state index in [0.717, 1.165) is 11.1 Å². The fraction of sp³-hybridized carbons (Fsp3) is 0.250. The third kappa shape index (κ3) is 2.84. The van der Waals surface area contributed by atoms with Gasteiger partial charge in [0.15, 0.2) is 0 Å². The Labute approximate surface area is 90.0 Å². The molecule has 0 bridgehead atoms. The molecule has 0 aliphatic rings. The van der Waals surface area contributed by atoms with E-state index in [1.807, 2.05) is 13.8 Å². The van der Waals surface area contributed by atoms with E-state index in [1.165, 1.54) is 0 Å². The van der Waals surface area contributed by atoms with Gasteiger partial charge in [-0.15, -0.1) is 0 Å². The number of hydrogen-bond donors (Lipinski definition) is 2. The van der Waals surface area contributed by atoms with Crippen LogP contribution >= 0.6 is 0 Å². The van der Waals surface area contributed by atoms with Crippen molar-refractivity contribution in [3.05, 3.63) is 41.5 Å². The van der Waals surface area contributed by atoms with Crippen LogP contribution in [0, 0.1) is 6.92 Å². The molecule has 0 heterocycles. The van der Waals surface area contributed by atoms with Gasteiger partial charge in [0.05, 0.1) is 0 Å². The Morgan fingerprint density at radius 1 is 1.53 bits per heavy atom. The smallest absolute Gasteiger partial charge is 0.251 e. The van der Waals surface area contributed by atoms with Crippen molar-refractivity contribution in [2.75, 3.05) is 12.3 Å². The van der Waals surface area contributed by atoms with E-state index in [4.69, 9.17) is 5.73 Å². The summed E-state index contributed by atoms with van der Waals surface area (Å²) in [6.07, 6.45) is 0. The average Bonchev–Trinajstić information content (AvgIpc) is 2.18. The van der Waals surface area contributed by atoms with Crippen LogP contribution in [-0.2, 0) is 0 Å². The average molecular weight is 204 g/mol. The number of amides is 1. The first-order valence-corrected chi connectivity index (χ1v) is 4.80. The lowest BCUT2D eigenvalue weighted by atomic mass is 10.1. The van der Waals surface area contributed by atoms with Gasteiger partial charge in [0.2, 0.25) is 0 Å². The Morgan fingerprint density at radius 3 is 2.80 bits per heavy atom. The molecule has 0 spiro atoms. The molecule has 3 nitrogen and oxygen atoms in total. The second kappa shape index (κ2) is 4.64. The van der Waals surface area contributed by atoms with Crippen LogP contribution < -0.4 is 11.1 Å². The lowest BCUT2D eigenvalue weighted by molar-refractivity contribution is 0.0956. The van der Waals surface area contributed by atoms with Crippen molar-refractivity contribution in [2.45, 2.75) is 13.8 Å². The topological polar surface area (TPSA) is 55.1 Å². The van der Waals surface area contributed by atoms with Gasteiger partial charge in [-0.2, -0.15) is 0 Å². The summed E-state index contributed by atoms with van der Waals surface area (Å²) >= 11 is 0. The van der Waals surface area contributed by atoms with E-state index >= 15 is 0 Å². The molecule has 3 heteroatoms. The second-order valence-electron chi connectivity index (χ2n) is 3.66. The summed E-state index contributed by atoms with van der Waals surface area (Å²) in [4.78, 5) is 11.7. The van der Waals surface area contributed by atoms with Gasteiger partial charge in [0, 0.05) is 17.8 Å². The number of anilines is 1. The number of nitrogens with one attached hydrogen (secondary N) is 1. The van der Waals surface area contributed by atoms with Gasteiger partial charge >= 0.3 is 0 Å². The maximum atomic E-state index is 11.7. The zero-order chi connectivity index (χ0) is 11.4. The fourth-order valence-electron chi connectivity index (χ4n) is 1.23. The van der Waals surface area contributed by atoms with Crippen molar-refractivity contribution in [3.63, 3.8) is 0 Å². The predicted molar refractivity (Wildman–Crippen MR) is 62.7 cm³/mol. The molecule has 3 N–H and O–H groups in total. The van der Waals surface area contributed by atoms with Crippen LogP contribution in [-0.4, -0.2) is 12.5 Å². The van der Waals surface area contributed by atoms with Crippen LogP contribution in [0.5, 0.6) is 0 Å². The van der Waals surface area contributed by atoms with Gasteiger partial charge < -0.3 is 11.1 Å². The molecule has 0 aromatic heterocycles. The summed E-state index contributed by atoms with van der Waals surface area (Å²) < 4.78 is 0. The normalized spacial score (nSPS) is 9.73. The number of carbonyl (C=O) groups is 1. The third-order valence-electron chi connectivity index (χ3n) is 2.17. The molecule has 0 radical (unpaired) electrons. The highest BCUT2D eigenvalue weighted by atomic mass is 16.1. The first-order valence-electron chi connectivity index (χ1n) is 4.80. The highest BCUT2D eigenvalue weighted by molar-refractivity contribution is 5.96. The summed E-state index contributed by atoms with van der Waals surface area (Å²) in [5.41, 5.74) is 8.71. The van der Waals surface area contributed by atoms with E-state index in [0.29, 0.717) is 17.8 Å². The Bertz CT molecular complexity index is 397. The van der Waals surface area contributed by atoms with Crippen LogP contribution in [0.15, 0.2) is 30.4 Å². The summed E-state index contributed by atoms with van der Waals surface area (Å²) in [7, 11) is 0. The summed E-state index contributed by atoms with van der Waals surface area (Å²) in [6.45, 7) is 7.92. The minimum Gasteiger partial charge on any atom is -0.398 e. The Balaban J connectivity index is 2.82. The molecule has 0 fully saturated rings. The van der Waals surface area contributed by atoms with Gasteiger partial charge in [0.1, 0.15) is 0 Å². The summed E-state index contributed by atoms with van der Waals surface area (Å²) in [5.74, 6) is -0.109. The SMILES string of the molecule is C=C(C)CNC(=O)c1cccc(N)c1C. The molecule has 0 unspecified atom stereocenters. The lowest BCUT2D eigenvalue weighted by Crippen LogP contribution is -2.25. The molecular formula is C12H16N2O. The van der Waals surface area contributed by atoms with Crippen molar-refractivity contribution in [1.82, 2.24) is 5.32 Å². The molecule has 1 amide bonds. The standard InChI is InChI=1S/C12H16N2O/c1-8(2)7-14-12(15)10-5-4-6-11(13)9(10)3/h4-6H,1,7,13H2,2-3H3,(H,14,15). The van der Waals surface area contributed by atoms with Crippen molar-refractivity contribution >= 4 is 11.6 Å². The lowest BCUT2D eigenvalue weighted by Gasteiger charge is -2.08. The van der Waals surface area contributed by atoms with E-state index in [1.54, 1.807) is 18.2 Å². The molecule has 1 aromatic carbocycles. The quantitative estimate of drug-likeness (QED) is 0.583. The van der Waals surface area contributed by atoms with Gasteiger partial charge in [-0.1, -0.05) is 18.2 Å². The maximum Gasteiger partial charge on any atom is 0.251 e. The number of hydrogen-bond acceptors (Lipinski definition) is 2. The van der Waals surface area contributed by atoms with E-state index in [9.17, 15) is 4.79 Å². The van der Waals surface area contributed by atoms with Gasteiger partial charge in [-0.3, -0.25) is 4.79 Å². The van der Waals surface area contributed by atoms with Gasteiger partial charge in [-0.05, 0) is 31.5 Å². The predicted octanol–water partition coefficient (Wildman–Crippen LogP) is 1.88. The van der Waals surface area contributed by atoms with Crippen molar-refractivity contribution < 1.29 is 4.79 Å². The number of carbonyl (C=O) groups excluding carboxylic acids is 1. The highest BCUT2D eigenvalue weighted by Crippen LogP contribution is 2.15. The molecule has 80 valence electrons. The molecule has 0 saturated carbocycles. The second-order valence-corrected chi connectivity index (χ2v) is 3.66. The Hall–Kier alpha value is -1.77. The minimum absolute atomic E-state index is 0.109. The van der Waals surface area contributed by atoms with Crippen LogP contribution in [0.4, 0.5) is 5.69 Å². The number of nitrogen functional groups attached to an aromatic ring is 1. The largest absolute Gasteiger partial charge is 0.398 e. The van der Waals surface area contributed by atoms with Crippen LogP contribution in [0.3, 0.4) is 0 Å². The van der Waals surface area contributed by atoms with E-state index < -0.39 is 0 Å². The number of benzene rings is 1. The highest BCUT2D eigenvalue weighted by Gasteiger charge is 2.09. The van der Waals surface area contributed by atoms with Crippen LogP contribution in [0.2, 0.25) is 0 Å². The van der Waals surface area contributed by atoms with E-state index in [-0.39, 0.29) is 5.91 Å². The molecule has 15 heavy (non-hydrogen) atoms. The van der Waals surface area contributed by atoms with Crippen LogP contribution in [0.25, 0.3) is 0 Å². The first-order chi connectivity index (χ1) is 7.02. The summed E-state index contributed by atoms with van der Waals surface area (Å²) in [5, 5.41) is 2.77. The minimum atomic E-state index is -0.109. The zero-order valence-electron chi connectivity index (χ0n) is 9.13. The van der Waals surface area contributed by atoms with Gasteiger partial charge in [-0.25, -0.2) is 0 Å². The molecule has 0 aliphatic carbocycles. The zero-order valence-corrected chi connectivity index (χ0v) is 9.13. The maximum absolute atomic E-state index is 11.7. The number of rotatable bonds is 3. The summed E-state index contributed by atoms with van der Waals surface area (Å²) in [6, 6.07) is 5.32. The third-order valence-corrected chi connectivity index (χ3v) is 2.17. The molecule has 0 saturated heterocycles. The Morgan fingerprint density at radius 2 is 2.20 bits per heavy atom. The monoisotopic (exact) mass is 204 g/mol. The molecule has 1 rings (SSSR count). The number of nitrogens with two attached hydrogens (primary N) is 1. The van der Waals surface area contributed by atoms with Gasteiger partial charge in [0.25, 0.3) is 5.91 Å². The van der Waals surface area contributed by atoms with E-state index in [2.05, 4.69) is 11.9 Å². The van der Waals surface area contributed by atoms with Crippen LogP contribution in [0.1, 0.15) is 22.8 Å². The first kappa shape index (κ1) is 11.3. The van der Waals surface area contributed by atoms with Crippen molar-refractivity contribution in [3.8, 4) is 0 Å². The fourth-order valence-corrected chi connectivity index (χ4v) is 1.23. The van der Waals surface area contributed by atoms with Crippen molar-refractivity contribution in [1.29, 1.82) is 0 Å². The molecule has 1 aromatic rings.